The summed E-state index contributed by atoms with van der Waals surface area (Å²) in [6, 6.07) is 4.34. The molecule has 0 bridgehead atoms. The first-order valence-corrected chi connectivity index (χ1v) is 7.84. The van der Waals surface area contributed by atoms with Crippen LogP contribution < -0.4 is 11.3 Å². The molecule has 1 saturated carbocycles. The minimum atomic E-state index is -0.309. The second kappa shape index (κ2) is 7.05. The summed E-state index contributed by atoms with van der Waals surface area (Å²) in [5, 5.41) is 0.562. The fourth-order valence-corrected chi connectivity index (χ4v) is 3.46. The van der Waals surface area contributed by atoms with Gasteiger partial charge < -0.3 is 4.74 Å². The van der Waals surface area contributed by atoms with E-state index in [0.717, 1.165) is 31.2 Å². The fourth-order valence-electron chi connectivity index (χ4n) is 3.26. The standard InChI is InChI=1S/C16H24ClFN2O/c1-11-5-7-16(21-2,8-6-11)15(20-19)10-12-9-13(18)3-4-14(12)17/h3-4,9,11,15,20H,5-8,10,19H2,1-2H3. The Morgan fingerprint density at radius 1 is 1.48 bits per heavy atom. The second-order valence-corrected chi connectivity index (χ2v) is 6.52. The average molecular weight is 315 g/mol. The van der Waals surface area contributed by atoms with Crippen molar-refractivity contribution in [2.24, 2.45) is 11.8 Å². The van der Waals surface area contributed by atoms with Crippen molar-refractivity contribution in [2.45, 2.75) is 50.7 Å². The number of methoxy groups -OCH3 is 1. The van der Waals surface area contributed by atoms with Gasteiger partial charge >= 0.3 is 0 Å². The van der Waals surface area contributed by atoms with E-state index in [2.05, 4.69) is 12.3 Å². The van der Waals surface area contributed by atoms with Crippen LogP contribution in [0.2, 0.25) is 5.02 Å². The molecule has 21 heavy (non-hydrogen) atoms. The van der Waals surface area contributed by atoms with Gasteiger partial charge in [0.25, 0.3) is 0 Å². The Balaban J connectivity index is 2.19. The topological polar surface area (TPSA) is 47.3 Å². The Morgan fingerprint density at radius 2 is 2.14 bits per heavy atom. The Bertz CT molecular complexity index is 475. The van der Waals surface area contributed by atoms with E-state index in [1.54, 1.807) is 13.2 Å². The molecule has 0 aliphatic heterocycles. The van der Waals surface area contributed by atoms with Crippen LogP contribution in [0.15, 0.2) is 18.2 Å². The van der Waals surface area contributed by atoms with Crippen LogP contribution in [0.3, 0.4) is 0 Å². The van der Waals surface area contributed by atoms with Gasteiger partial charge in [0.2, 0.25) is 0 Å². The largest absolute Gasteiger partial charge is 0.377 e. The Labute approximate surface area is 131 Å². The maximum Gasteiger partial charge on any atom is 0.123 e. The van der Waals surface area contributed by atoms with Crippen LogP contribution in [-0.4, -0.2) is 18.8 Å². The highest BCUT2D eigenvalue weighted by atomic mass is 35.5. The number of halogens is 2. The molecule has 1 unspecified atom stereocenters. The van der Waals surface area contributed by atoms with Crippen molar-refractivity contribution in [3.8, 4) is 0 Å². The third kappa shape index (κ3) is 3.75. The molecule has 118 valence electrons. The van der Waals surface area contributed by atoms with E-state index in [0.29, 0.717) is 17.4 Å². The van der Waals surface area contributed by atoms with Gasteiger partial charge in [-0.05, 0) is 61.8 Å². The zero-order valence-electron chi connectivity index (χ0n) is 12.7. The Morgan fingerprint density at radius 3 is 2.71 bits per heavy atom. The molecule has 3 nitrogen and oxygen atoms in total. The van der Waals surface area contributed by atoms with Gasteiger partial charge in [0, 0.05) is 12.1 Å². The smallest absolute Gasteiger partial charge is 0.123 e. The van der Waals surface area contributed by atoms with Gasteiger partial charge in [-0.1, -0.05) is 18.5 Å². The van der Waals surface area contributed by atoms with Gasteiger partial charge in [-0.3, -0.25) is 11.3 Å². The van der Waals surface area contributed by atoms with Crippen LogP contribution in [0.25, 0.3) is 0 Å². The second-order valence-electron chi connectivity index (χ2n) is 6.11. The summed E-state index contributed by atoms with van der Waals surface area (Å²) in [4.78, 5) is 0. The van der Waals surface area contributed by atoms with Crippen molar-refractivity contribution < 1.29 is 9.13 Å². The summed E-state index contributed by atoms with van der Waals surface area (Å²) in [7, 11) is 1.73. The van der Waals surface area contributed by atoms with Crippen LogP contribution in [0.1, 0.15) is 38.2 Å². The van der Waals surface area contributed by atoms with E-state index >= 15 is 0 Å². The highest BCUT2D eigenvalue weighted by Gasteiger charge is 2.41. The summed E-state index contributed by atoms with van der Waals surface area (Å²) in [5.41, 5.74) is 3.32. The highest BCUT2D eigenvalue weighted by Crippen LogP contribution is 2.38. The monoisotopic (exact) mass is 314 g/mol. The van der Waals surface area contributed by atoms with Crippen molar-refractivity contribution in [2.75, 3.05) is 7.11 Å². The fraction of sp³-hybridized carbons (Fsp3) is 0.625. The number of hydrazine groups is 1. The lowest BCUT2D eigenvalue weighted by atomic mass is 9.74. The van der Waals surface area contributed by atoms with Crippen molar-refractivity contribution >= 4 is 11.6 Å². The van der Waals surface area contributed by atoms with Gasteiger partial charge in [-0.2, -0.15) is 0 Å². The zero-order chi connectivity index (χ0) is 15.5. The summed E-state index contributed by atoms with van der Waals surface area (Å²) in [6.45, 7) is 2.26. The van der Waals surface area contributed by atoms with Crippen molar-refractivity contribution in [3.63, 3.8) is 0 Å². The highest BCUT2D eigenvalue weighted by molar-refractivity contribution is 6.31. The molecule has 3 N–H and O–H groups in total. The van der Waals surface area contributed by atoms with E-state index in [-0.39, 0.29) is 17.5 Å². The predicted molar refractivity (Wildman–Crippen MR) is 83.6 cm³/mol. The maximum atomic E-state index is 13.4. The first-order valence-electron chi connectivity index (χ1n) is 7.46. The molecule has 1 atom stereocenters. The SMILES string of the molecule is COC1(C(Cc2cc(F)ccc2Cl)NN)CCC(C)CC1. The third-order valence-corrected chi connectivity index (χ3v) is 5.16. The predicted octanol–water partition coefficient (Wildman–Crippen LogP) is 3.45. The molecule has 1 aliphatic carbocycles. The van der Waals surface area contributed by atoms with E-state index < -0.39 is 0 Å². The molecule has 0 aromatic heterocycles. The summed E-state index contributed by atoms with van der Waals surface area (Å²) < 4.78 is 19.3. The number of rotatable bonds is 5. The molecule has 2 rings (SSSR count). The van der Waals surface area contributed by atoms with Crippen LogP contribution >= 0.6 is 11.6 Å². The molecule has 1 fully saturated rings. The average Bonchev–Trinajstić information content (AvgIpc) is 2.49. The molecule has 0 radical (unpaired) electrons. The zero-order valence-corrected chi connectivity index (χ0v) is 13.4. The van der Waals surface area contributed by atoms with Crippen molar-refractivity contribution in [1.29, 1.82) is 0 Å². The number of benzene rings is 1. The molecule has 1 aliphatic rings. The third-order valence-electron chi connectivity index (χ3n) is 4.80. The molecule has 0 saturated heterocycles. The van der Waals surface area contributed by atoms with Crippen LogP contribution in [0.5, 0.6) is 0 Å². The van der Waals surface area contributed by atoms with Gasteiger partial charge in [0.15, 0.2) is 0 Å². The number of nitrogens with two attached hydrogens (primary N) is 1. The normalized spacial score (nSPS) is 27.6. The van der Waals surface area contributed by atoms with Crippen LogP contribution in [-0.2, 0) is 11.2 Å². The van der Waals surface area contributed by atoms with Gasteiger partial charge in [-0.15, -0.1) is 0 Å². The first-order chi connectivity index (χ1) is 10.0. The molecular weight excluding hydrogens is 291 g/mol. The van der Waals surface area contributed by atoms with E-state index in [1.165, 1.54) is 12.1 Å². The summed E-state index contributed by atoms with van der Waals surface area (Å²) in [5.74, 6) is 6.20. The Hall–Kier alpha value is -0.680. The molecule has 0 heterocycles. The lowest BCUT2D eigenvalue weighted by Gasteiger charge is -2.44. The quantitative estimate of drug-likeness (QED) is 0.646. The number of ether oxygens (including phenoxy) is 1. The number of hydrogen-bond donors (Lipinski definition) is 2. The van der Waals surface area contributed by atoms with E-state index in [1.807, 2.05) is 0 Å². The van der Waals surface area contributed by atoms with Crippen molar-refractivity contribution in [1.82, 2.24) is 5.43 Å². The van der Waals surface area contributed by atoms with E-state index in [9.17, 15) is 4.39 Å². The molecule has 5 heteroatoms. The molecule has 1 aromatic rings. The van der Waals surface area contributed by atoms with Crippen LogP contribution in [0.4, 0.5) is 4.39 Å². The molecule has 0 amide bonds. The van der Waals surface area contributed by atoms with Crippen LogP contribution in [0, 0.1) is 11.7 Å². The summed E-state index contributed by atoms with van der Waals surface area (Å²) >= 11 is 6.17. The lowest BCUT2D eigenvalue weighted by molar-refractivity contribution is -0.0746. The molecule has 0 spiro atoms. The van der Waals surface area contributed by atoms with Crippen molar-refractivity contribution in [3.05, 3.63) is 34.6 Å². The molecular formula is C16H24ClFN2O. The minimum Gasteiger partial charge on any atom is -0.377 e. The maximum absolute atomic E-state index is 13.4. The number of nitrogens with one attached hydrogen (secondary N) is 1. The Kier molecular flexibility index (Phi) is 5.60. The van der Waals surface area contributed by atoms with Gasteiger partial charge in [-0.25, -0.2) is 4.39 Å². The summed E-state index contributed by atoms with van der Waals surface area (Å²) in [6.07, 6.45) is 4.68. The minimum absolute atomic E-state index is 0.0886. The number of hydrogen-bond acceptors (Lipinski definition) is 3. The van der Waals surface area contributed by atoms with Gasteiger partial charge in [0.1, 0.15) is 5.82 Å². The first kappa shape index (κ1) is 16.7. The van der Waals surface area contributed by atoms with Gasteiger partial charge in [0.05, 0.1) is 11.6 Å². The lowest BCUT2D eigenvalue weighted by Crippen LogP contribution is -2.57. The molecule has 1 aromatic carbocycles. The van der Waals surface area contributed by atoms with E-state index in [4.69, 9.17) is 22.2 Å².